The van der Waals surface area contributed by atoms with Gasteiger partial charge in [-0.3, -0.25) is 9.69 Å². The summed E-state index contributed by atoms with van der Waals surface area (Å²) in [6.45, 7) is 3.26. The Bertz CT molecular complexity index is 668. The average Bonchev–Trinajstić information content (AvgIpc) is 3.09. The molecule has 1 amide bonds. The zero-order valence-corrected chi connectivity index (χ0v) is 13.8. The second kappa shape index (κ2) is 7.83. The summed E-state index contributed by atoms with van der Waals surface area (Å²) in [6, 6.07) is 6.84. The summed E-state index contributed by atoms with van der Waals surface area (Å²) in [6.07, 6.45) is 0. The van der Waals surface area contributed by atoms with E-state index in [1.807, 2.05) is 17.5 Å². The Morgan fingerprint density at radius 3 is 2.58 bits per heavy atom. The van der Waals surface area contributed by atoms with Crippen LogP contribution in [0.1, 0.15) is 21.3 Å². The summed E-state index contributed by atoms with van der Waals surface area (Å²) in [7, 11) is 0. The van der Waals surface area contributed by atoms with Crippen LogP contribution in [-0.2, 0) is 4.74 Å². The van der Waals surface area contributed by atoms with Gasteiger partial charge in [0.15, 0.2) is 0 Å². The molecule has 0 aliphatic carbocycles. The lowest BCUT2D eigenvalue weighted by Crippen LogP contribution is -2.43. The van der Waals surface area contributed by atoms with E-state index in [0.29, 0.717) is 19.8 Å². The molecular formula is C17H18F2N2O2S. The standard InChI is InChI=1S/C17H18F2N2O2S/c18-13-8-12(9-14(19)10-13)17(22)20-11-15(16-2-1-7-24-16)21-3-5-23-6-4-21/h1-2,7-10,15H,3-6,11H2,(H,20,22)/t15-/m0/s1. The number of rotatable bonds is 5. The number of hydrogen-bond donors (Lipinski definition) is 1. The van der Waals surface area contributed by atoms with Gasteiger partial charge < -0.3 is 10.1 Å². The second-order valence-electron chi connectivity index (χ2n) is 5.55. The van der Waals surface area contributed by atoms with Gasteiger partial charge in [0.25, 0.3) is 5.91 Å². The zero-order chi connectivity index (χ0) is 16.9. The van der Waals surface area contributed by atoms with Crippen LogP contribution >= 0.6 is 11.3 Å². The summed E-state index contributed by atoms with van der Waals surface area (Å²) in [5.41, 5.74) is -0.0144. The topological polar surface area (TPSA) is 41.6 Å². The number of halogens is 2. The van der Waals surface area contributed by atoms with Crippen molar-refractivity contribution in [1.29, 1.82) is 0 Å². The number of ether oxygens (including phenoxy) is 1. The molecule has 1 saturated heterocycles. The van der Waals surface area contributed by atoms with Crippen LogP contribution in [0, 0.1) is 11.6 Å². The predicted octanol–water partition coefficient (Wildman–Crippen LogP) is 2.83. The number of carbonyl (C=O) groups excluding carboxylic acids is 1. The third-order valence-electron chi connectivity index (χ3n) is 3.94. The van der Waals surface area contributed by atoms with Crippen LogP contribution in [0.5, 0.6) is 0 Å². The molecule has 1 aromatic carbocycles. The molecule has 2 aromatic rings. The van der Waals surface area contributed by atoms with Crippen molar-refractivity contribution in [2.24, 2.45) is 0 Å². The number of hydrogen-bond acceptors (Lipinski definition) is 4. The molecule has 1 aliphatic rings. The first-order valence-corrected chi connectivity index (χ1v) is 8.61. The minimum absolute atomic E-state index is 0.0144. The van der Waals surface area contributed by atoms with Crippen molar-refractivity contribution in [3.63, 3.8) is 0 Å². The fraction of sp³-hybridized carbons (Fsp3) is 0.353. The van der Waals surface area contributed by atoms with E-state index in [4.69, 9.17) is 4.74 Å². The number of carbonyl (C=O) groups is 1. The molecule has 0 bridgehead atoms. The Hall–Kier alpha value is -1.83. The van der Waals surface area contributed by atoms with Gasteiger partial charge in [0, 0.05) is 36.1 Å². The van der Waals surface area contributed by atoms with Gasteiger partial charge in [-0.05, 0) is 23.6 Å². The number of nitrogens with zero attached hydrogens (tertiary/aromatic N) is 1. The summed E-state index contributed by atoms with van der Waals surface area (Å²) in [5.74, 6) is -2.01. The molecule has 128 valence electrons. The fourth-order valence-corrected chi connectivity index (χ4v) is 3.62. The van der Waals surface area contributed by atoms with Crippen LogP contribution in [0.4, 0.5) is 8.78 Å². The van der Waals surface area contributed by atoms with Crippen molar-refractivity contribution >= 4 is 17.2 Å². The highest BCUT2D eigenvalue weighted by atomic mass is 32.1. The van der Waals surface area contributed by atoms with E-state index in [1.165, 1.54) is 0 Å². The molecule has 2 heterocycles. The second-order valence-corrected chi connectivity index (χ2v) is 6.53. The SMILES string of the molecule is O=C(NC[C@@H](c1cccs1)N1CCOCC1)c1cc(F)cc(F)c1. The highest BCUT2D eigenvalue weighted by Gasteiger charge is 2.24. The van der Waals surface area contributed by atoms with Gasteiger partial charge in [-0.1, -0.05) is 6.07 Å². The van der Waals surface area contributed by atoms with Crippen LogP contribution in [0.3, 0.4) is 0 Å². The molecule has 1 fully saturated rings. The van der Waals surface area contributed by atoms with E-state index in [2.05, 4.69) is 10.2 Å². The third kappa shape index (κ3) is 4.17. The van der Waals surface area contributed by atoms with E-state index in [0.717, 1.165) is 36.2 Å². The van der Waals surface area contributed by atoms with E-state index >= 15 is 0 Å². The summed E-state index contributed by atoms with van der Waals surface area (Å²) in [4.78, 5) is 15.6. The summed E-state index contributed by atoms with van der Waals surface area (Å²) < 4.78 is 31.9. The molecule has 3 rings (SSSR count). The maximum absolute atomic E-state index is 13.3. The van der Waals surface area contributed by atoms with Crippen LogP contribution in [-0.4, -0.2) is 43.7 Å². The molecule has 1 N–H and O–H groups in total. The van der Waals surface area contributed by atoms with Gasteiger partial charge in [-0.25, -0.2) is 8.78 Å². The van der Waals surface area contributed by atoms with Gasteiger partial charge in [0.05, 0.1) is 19.3 Å². The Labute approximate surface area is 143 Å². The number of amides is 1. The Balaban J connectivity index is 1.69. The molecule has 7 heteroatoms. The lowest BCUT2D eigenvalue weighted by Gasteiger charge is -2.34. The highest BCUT2D eigenvalue weighted by molar-refractivity contribution is 7.10. The van der Waals surface area contributed by atoms with Crippen molar-refractivity contribution < 1.29 is 18.3 Å². The number of nitrogens with one attached hydrogen (secondary N) is 1. The van der Waals surface area contributed by atoms with Crippen LogP contribution in [0.15, 0.2) is 35.7 Å². The van der Waals surface area contributed by atoms with Crippen LogP contribution in [0.2, 0.25) is 0 Å². The minimum atomic E-state index is -0.761. The van der Waals surface area contributed by atoms with E-state index in [1.54, 1.807) is 11.3 Å². The Kier molecular flexibility index (Phi) is 5.55. The van der Waals surface area contributed by atoms with Crippen LogP contribution in [0.25, 0.3) is 0 Å². The fourth-order valence-electron chi connectivity index (χ4n) is 2.76. The molecular weight excluding hydrogens is 334 g/mol. The number of thiophene rings is 1. The maximum atomic E-state index is 13.3. The molecule has 1 aromatic heterocycles. The van der Waals surface area contributed by atoms with Gasteiger partial charge in [-0.15, -0.1) is 11.3 Å². The van der Waals surface area contributed by atoms with E-state index in [9.17, 15) is 13.6 Å². The first-order chi connectivity index (χ1) is 11.6. The molecule has 24 heavy (non-hydrogen) atoms. The van der Waals surface area contributed by atoms with Gasteiger partial charge in [0.2, 0.25) is 0 Å². The first-order valence-electron chi connectivity index (χ1n) is 7.73. The number of morpholine rings is 1. The van der Waals surface area contributed by atoms with Crippen molar-refractivity contribution in [3.05, 3.63) is 57.8 Å². The van der Waals surface area contributed by atoms with E-state index < -0.39 is 17.5 Å². The minimum Gasteiger partial charge on any atom is -0.379 e. The first kappa shape index (κ1) is 17.0. The number of benzene rings is 1. The van der Waals surface area contributed by atoms with Gasteiger partial charge >= 0.3 is 0 Å². The lowest BCUT2D eigenvalue weighted by atomic mass is 10.1. The quantitative estimate of drug-likeness (QED) is 0.900. The molecule has 1 atom stereocenters. The van der Waals surface area contributed by atoms with Crippen molar-refractivity contribution in [2.45, 2.75) is 6.04 Å². The molecule has 0 saturated carbocycles. The Morgan fingerprint density at radius 1 is 1.25 bits per heavy atom. The summed E-state index contributed by atoms with van der Waals surface area (Å²) >= 11 is 1.62. The van der Waals surface area contributed by atoms with Gasteiger partial charge in [-0.2, -0.15) is 0 Å². The van der Waals surface area contributed by atoms with Crippen molar-refractivity contribution in [2.75, 3.05) is 32.8 Å². The zero-order valence-electron chi connectivity index (χ0n) is 13.0. The van der Waals surface area contributed by atoms with Gasteiger partial charge in [0.1, 0.15) is 11.6 Å². The molecule has 0 spiro atoms. The van der Waals surface area contributed by atoms with E-state index in [-0.39, 0.29) is 11.6 Å². The molecule has 0 radical (unpaired) electrons. The Morgan fingerprint density at radius 2 is 1.96 bits per heavy atom. The van der Waals surface area contributed by atoms with Crippen molar-refractivity contribution in [1.82, 2.24) is 10.2 Å². The maximum Gasteiger partial charge on any atom is 0.251 e. The molecule has 1 aliphatic heterocycles. The highest BCUT2D eigenvalue weighted by Crippen LogP contribution is 2.25. The molecule has 0 unspecified atom stereocenters. The largest absolute Gasteiger partial charge is 0.379 e. The smallest absolute Gasteiger partial charge is 0.251 e. The third-order valence-corrected chi connectivity index (χ3v) is 4.91. The summed E-state index contributed by atoms with van der Waals surface area (Å²) in [5, 5.41) is 4.78. The monoisotopic (exact) mass is 352 g/mol. The average molecular weight is 352 g/mol. The lowest BCUT2D eigenvalue weighted by molar-refractivity contribution is 0.0169. The normalized spacial score (nSPS) is 16.8. The van der Waals surface area contributed by atoms with Crippen molar-refractivity contribution in [3.8, 4) is 0 Å². The predicted molar refractivity (Wildman–Crippen MR) is 88.1 cm³/mol. The van der Waals surface area contributed by atoms with Crippen LogP contribution < -0.4 is 5.32 Å². The molecule has 4 nitrogen and oxygen atoms in total.